The number of nitrogens with zero attached hydrogens (tertiary/aromatic N) is 5. The van der Waals surface area contributed by atoms with Gasteiger partial charge in [-0.1, -0.05) is 5.16 Å². The number of hydrogen-bond donors (Lipinski definition) is 0. The van der Waals surface area contributed by atoms with Crippen molar-refractivity contribution in [2.45, 2.75) is 25.7 Å². The van der Waals surface area contributed by atoms with Crippen molar-refractivity contribution in [3.8, 4) is 6.07 Å². The Kier molecular flexibility index (Phi) is 3.33. The first kappa shape index (κ1) is 12.6. The minimum Gasteiger partial charge on any atom is -0.370 e. The molecule has 0 amide bonds. The van der Waals surface area contributed by atoms with Gasteiger partial charge in [0.1, 0.15) is 11.8 Å². The molecule has 1 aliphatic heterocycles. The van der Waals surface area contributed by atoms with Crippen molar-refractivity contribution in [2.75, 3.05) is 18.0 Å². The van der Waals surface area contributed by atoms with Crippen molar-refractivity contribution < 1.29 is 4.52 Å². The molecular weight excluding hydrogens is 254 g/mol. The molecule has 0 aliphatic carbocycles. The van der Waals surface area contributed by atoms with Crippen LogP contribution in [0.2, 0.25) is 0 Å². The highest BCUT2D eigenvalue weighted by atomic mass is 16.5. The molecule has 0 N–H and O–H groups in total. The first-order valence-corrected chi connectivity index (χ1v) is 6.67. The number of aryl methyl sites for hydroxylation is 1. The molecule has 2 aromatic rings. The molecule has 0 bridgehead atoms. The van der Waals surface area contributed by atoms with Crippen molar-refractivity contribution >= 4 is 5.69 Å². The second-order valence-corrected chi connectivity index (χ2v) is 4.95. The van der Waals surface area contributed by atoms with Gasteiger partial charge in [0.2, 0.25) is 5.89 Å². The number of pyridine rings is 1. The molecule has 6 nitrogen and oxygen atoms in total. The van der Waals surface area contributed by atoms with Crippen molar-refractivity contribution in [1.29, 1.82) is 5.26 Å². The molecule has 2 aromatic heterocycles. The third-order valence-corrected chi connectivity index (χ3v) is 3.62. The van der Waals surface area contributed by atoms with E-state index in [4.69, 9.17) is 9.78 Å². The molecule has 0 unspecified atom stereocenters. The van der Waals surface area contributed by atoms with Crippen LogP contribution in [0.15, 0.2) is 22.9 Å². The number of nitriles is 1. The van der Waals surface area contributed by atoms with Crippen LogP contribution >= 0.6 is 0 Å². The first-order chi connectivity index (χ1) is 9.76. The molecule has 3 rings (SSSR count). The normalized spacial score (nSPS) is 16.1. The Labute approximate surface area is 117 Å². The summed E-state index contributed by atoms with van der Waals surface area (Å²) < 4.78 is 5.25. The van der Waals surface area contributed by atoms with E-state index in [2.05, 4.69) is 20.0 Å². The van der Waals surface area contributed by atoms with Gasteiger partial charge in [-0.25, -0.2) is 4.98 Å². The van der Waals surface area contributed by atoms with Gasteiger partial charge in [-0.3, -0.25) is 0 Å². The molecule has 102 valence electrons. The minimum absolute atomic E-state index is 0.346. The Balaban J connectivity index is 1.64. The van der Waals surface area contributed by atoms with E-state index in [0.717, 1.165) is 37.5 Å². The lowest BCUT2D eigenvalue weighted by Crippen LogP contribution is -2.33. The topological polar surface area (TPSA) is 78.8 Å². The lowest BCUT2D eigenvalue weighted by Gasteiger charge is -2.31. The monoisotopic (exact) mass is 269 g/mol. The zero-order valence-electron chi connectivity index (χ0n) is 11.3. The van der Waals surface area contributed by atoms with Crippen molar-refractivity contribution in [1.82, 2.24) is 15.1 Å². The molecule has 6 heteroatoms. The van der Waals surface area contributed by atoms with Crippen LogP contribution in [-0.2, 0) is 0 Å². The summed E-state index contributed by atoms with van der Waals surface area (Å²) in [5.41, 5.74) is 1.51. The van der Waals surface area contributed by atoms with Gasteiger partial charge < -0.3 is 9.42 Å². The van der Waals surface area contributed by atoms with E-state index in [-0.39, 0.29) is 0 Å². The van der Waals surface area contributed by atoms with E-state index in [0.29, 0.717) is 17.4 Å². The van der Waals surface area contributed by atoms with Crippen LogP contribution in [-0.4, -0.2) is 28.2 Å². The Morgan fingerprint density at radius 2 is 2.15 bits per heavy atom. The number of rotatable bonds is 2. The average Bonchev–Trinajstić information content (AvgIpc) is 2.94. The molecule has 0 spiro atoms. The standard InChI is InChI=1S/C14H15N5O/c1-10-17-14(20-18-10)11-4-6-19(7-5-11)13-3-2-12(8-15)16-9-13/h2-3,9,11H,4-7H2,1H3. The van der Waals surface area contributed by atoms with Gasteiger partial charge in [-0.2, -0.15) is 10.2 Å². The van der Waals surface area contributed by atoms with Gasteiger partial charge in [0.15, 0.2) is 5.82 Å². The maximum atomic E-state index is 8.75. The van der Waals surface area contributed by atoms with Crippen LogP contribution in [0.3, 0.4) is 0 Å². The van der Waals surface area contributed by atoms with Gasteiger partial charge in [-0.15, -0.1) is 0 Å². The summed E-state index contributed by atoms with van der Waals surface area (Å²) in [6, 6.07) is 5.73. The molecule has 20 heavy (non-hydrogen) atoms. The van der Waals surface area contributed by atoms with E-state index in [9.17, 15) is 0 Å². The predicted octanol–water partition coefficient (Wildman–Crippen LogP) is 2.03. The maximum Gasteiger partial charge on any atom is 0.229 e. The van der Waals surface area contributed by atoms with E-state index in [1.165, 1.54) is 0 Å². The summed E-state index contributed by atoms with van der Waals surface area (Å²) in [7, 11) is 0. The summed E-state index contributed by atoms with van der Waals surface area (Å²) in [5.74, 6) is 1.79. The summed E-state index contributed by atoms with van der Waals surface area (Å²) in [5, 5.41) is 12.6. The lowest BCUT2D eigenvalue weighted by atomic mass is 9.96. The third-order valence-electron chi connectivity index (χ3n) is 3.62. The highest BCUT2D eigenvalue weighted by Gasteiger charge is 2.25. The zero-order valence-corrected chi connectivity index (χ0v) is 11.3. The van der Waals surface area contributed by atoms with Crippen molar-refractivity contribution in [2.24, 2.45) is 0 Å². The largest absolute Gasteiger partial charge is 0.370 e. The number of anilines is 1. The second-order valence-electron chi connectivity index (χ2n) is 4.95. The maximum absolute atomic E-state index is 8.75. The molecule has 0 atom stereocenters. The minimum atomic E-state index is 0.346. The van der Waals surface area contributed by atoms with Crippen LogP contribution in [0.4, 0.5) is 5.69 Å². The van der Waals surface area contributed by atoms with Crippen LogP contribution in [0.25, 0.3) is 0 Å². The van der Waals surface area contributed by atoms with Gasteiger partial charge in [-0.05, 0) is 31.9 Å². The first-order valence-electron chi connectivity index (χ1n) is 6.67. The molecule has 0 saturated carbocycles. The van der Waals surface area contributed by atoms with Gasteiger partial charge in [0.05, 0.1) is 11.9 Å². The molecule has 0 radical (unpaired) electrons. The average molecular weight is 269 g/mol. The van der Waals surface area contributed by atoms with Crippen LogP contribution in [0.1, 0.15) is 36.2 Å². The Bertz CT molecular complexity index is 620. The lowest BCUT2D eigenvalue weighted by molar-refractivity contribution is 0.327. The fraction of sp³-hybridized carbons (Fsp3) is 0.429. The Morgan fingerprint density at radius 3 is 2.70 bits per heavy atom. The fourth-order valence-electron chi connectivity index (χ4n) is 2.50. The van der Waals surface area contributed by atoms with E-state index >= 15 is 0 Å². The van der Waals surface area contributed by atoms with Crippen molar-refractivity contribution in [3.05, 3.63) is 35.7 Å². The summed E-state index contributed by atoms with van der Waals surface area (Å²) in [6.45, 7) is 3.70. The Morgan fingerprint density at radius 1 is 1.35 bits per heavy atom. The van der Waals surface area contributed by atoms with Crippen LogP contribution in [0.5, 0.6) is 0 Å². The molecule has 0 aromatic carbocycles. The SMILES string of the molecule is Cc1noc(C2CCN(c3ccc(C#N)nc3)CC2)n1. The highest BCUT2D eigenvalue weighted by Crippen LogP contribution is 2.29. The van der Waals surface area contributed by atoms with Crippen LogP contribution < -0.4 is 4.90 Å². The summed E-state index contributed by atoms with van der Waals surface area (Å²) in [6.07, 6.45) is 3.74. The molecule has 1 fully saturated rings. The molecule has 1 saturated heterocycles. The van der Waals surface area contributed by atoms with Crippen LogP contribution in [0, 0.1) is 18.3 Å². The summed E-state index contributed by atoms with van der Waals surface area (Å²) >= 11 is 0. The molecule has 3 heterocycles. The number of aromatic nitrogens is 3. The zero-order chi connectivity index (χ0) is 13.9. The quantitative estimate of drug-likeness (QED) is 0.830. The molecule has 1 aliphatic rings. The fourth-order valence-corrected chi connectivity index (χ4v) is 2.50. The van der Waals surface area contributed by atoms with Crippen molar-refractivity contribution in [3.63, 3.8) is 0 Å². The smallest absolute Gasteiger partial charge is 0.229 e. The van der Waals surface area contributed by atoms with E-state index < -0.39 is 0 Å². The highest BCUT2D eigenvalue weighted by molar-refractivity contribution is 5.46. The van der Waals surface area contributed by atoms with Gasteiger partial charge >= 0.3 is 0 Å². The second kappa shape index (κ2) is 5.29. The Hall–Kier alpha value is -2.42. The van der Waals surface area contributed by atoms with E-state index in [1.807, 2.05) is 19.1 Å². The summed E-state index contributed by atoms with van der Waals surface area (Å²) in [4.78, 5) is 10.7. The third kappa shape index (κ3) is 2.48. The van der Waals surface area contributed by atoms with Gasteiger partial charge in [0, 0.05) is 19.0 Å². The van der Waals surface area contributed by atoms with E-state index in [1.54, 1.807) is 12.3 Å². The number of piperidine rings is 1. The predicted molar refractivity (Wildman–Crippen MR) is 72.2 cm³/mol. The number of hydrogen-bond acceptors (Lipinski definition) is 6. The van der Waals surface area contributed by atoms with Gasteiger partial charge in [0.25, 0.3) is 0 Å². The molecular formula is C14H15N5O.